The molecule has 2 heterocycles. The second kappa shape index (κ2) is 6.03. The summed E-state index contributed by atoms with van der Waals surface area (Å²) in [4.78, 5) is 4.56. The van der Waals surface area contributed by atoms with Gasteiger partial charge in [-0.1, -0.05) is 0 Å². The highest BCUT2D eigenvalue weighted by atomic mass is 16.3. The highest BCUT2D eigenvalue weighted by Crippen LogP contribution is 2.15. The normalized spacial score (nSPS) is 23.7. The number of likely N-dealkylation sites (N-methyl/N-ethyl adjacent to an activating group) is 2. The molecule has 1 aromatic rings. The summed E-state index contributed by atoms with van der Waals surface area (Å²) in [6.07, 6.45) is 0.339. The molecule has 1 aliphatic heterocycles. The maximum Gasteiger partial charge on any atom is 0.0762 e. The minimum Gasteiger partial charge on any atom is -0.391 e. The van der Waals surface area contributed by atoms with Crippen LogP contribution >= 0.6 is 0 Å². The van der Waals surface area contributed by atoms with Crippen LogP contribution in [0.15, 0.2) is 6.07 Å². The standard InChI is InChI=1S/C14H26N4O/c1-5-18-12(8-11(2)15-18)9-14(19)13-10-16(3)6-7-17(13)4/h8,13-14,19H,5-7,9-10H2,1-4H3. The smallest absolute Gasteiger partial charge is 0.0762 e. The predicted molar refractivity (Wildman–Crippen MR) is 76.3 cm³/mol. The Morgan fingerprint density at radius 2 is 2.16 bits per heavy atom. The van der Waals surface area contributed by atoms with Gasteiger partial charge in [-0.2, -0.15) is 5.10 Å². The molecule has 5 heteroatoms. The van der Waals surface area contributed by atoms with Crippen LogP contribution < -0.4 is 0 Å². The van der Waals surface area contributed by atoms with E-state index in [1.54, 1.807) is 0 Å². The summed E-state index contributed by atoms with van der Waals surface area (Å²) in [5.74, 6) is 0. The molecule has 0 spiro atoms. The summed E-state index contributed by atoms with van der Waals surface area (Å²) in [6, 6.07) is 2.29. The predicted octanol–water partition coefficient (Wildman–Crippen LogP) is 0.361. The van der Waals surface area contributed by atoms with Crippen molar-refractivity contribution in [2.24, 2.45) is 0 Å². The number of hydrogen-bond donors (Lipinski definition) is 1. The Hall–Kier alpha value is -0.910. The zero-order valence-corrected chi connectivity index (χ0v) is 12.5. The van der Waals surface area contributed by atoms with Crippen molar-refractivity contribution in [3.63, 3.8) is 0 Å². The molecule has 2 atom stereocenters. The fourth-order valence-electron chi connectivity index (χ4n) is 2.85. The van der Waals surface area contributed by atoms with Crippen molar-refractivity contribution in [3.05, 3.63) is 17.5 Å². The van der Waals surface area contributed by atoms with Crippen LogP contribution in [-0.4, -0.2) is 70.6 Å². The van der Waals surface area contributed by atoms with Crippen LogP contribution in [0.3, 0.4) is 0 Å². The van der Waals surface area contributed by atoms with Crippen molar-refractivity contribution in [2.75, 3.05) is 33.7 Å². The molecule has 19 heavy (non-hydrogen) atoms. The molecule has 1 saturated heterocycles. The summed E-state index contributed by atoms with van der Waals surface area (Å²) < 4.78 is 1.99. The molecule has 0 amide bonds. The molecule has 1 aliphatic rings. The first-order valence-electron chi connectivity index (χ1n) is 7.11. The number of aryl methyl sites for hydroxylation is 2. The van der Waals surface area contributed by atoms with E-state index in [0.717, 1.165) is 37.6 Å². The molecule has 1 N–H and O–H groups in total. The van der Waals surface area contributed by atoms with E-state index in [0.29, 0.717) is 6.42 Å². The molecule has 2 rings (SSSR count). The largest absolute Gasteiger partial charge is 0.391 e. The van der Waals surface area contributed by atoms with Crippen molar-refractivity contribution in [1.29, 1.82) is 0 Å². The second-order valence-electron chi connectivity index (χ2n) is 5.67. The van der Waals surface area contributed by atoms with Gasteiger partial charge >= 0.3 is 0 Å². The lowest BCUT2D eigenvalue weighted by Crippen LogP contribution is -2.55. The molecule has 5 nitrogen and oxygen atoms in total. The highest BCUT2D eigenvalue weighted by Gasteiger charge is 2.29. The Kier molecular flexibility index (Phi) is 4.60. The lowest BCUT2D eigenvalue weighted by molar-refractivity contribution is 0.0144. The molecular formula is C14H26N4O. The molecule has 0 aliphatic carbocycles. The van der Waals surface area contributed by atoms with Crippen LogP contribution in [0.2, 0.25) is 0 Å². The summed E-state index contributed by atoms with van der Waals surface area (Å²) in [6.45, 7) is 7.97. The van der Waals surface area contributed by atoms with Gasteiger partial charge in [-0.15, -0.1) is 0 Å². The molecule has 0 saturated carbocycles. The Bertz CT molecular complexity index is 418. The molecule has 1 aromatic heterocycles. The van der Waals surface area contributed by atoms with Gasteiger partial charge in [-0.05, 0) is 34.0 Å². The van der Waals surface area contributed by atoms with Gasteiger partial charge in [-0.3, -0.25) is 9.58 Å². The van der Waals surface area contributed by atoms with E-state index >= 15 is 0 Å². The summed E-state index contributed by atoms with van der Waals surface area (Å²) in [7, 11) is 4.22. The summed E-state index contributed by atoms with van der Waals surface area (Å²) in [5, 5.41) is 15.0. The van der Waals surface area contributed by atoms with E-state index in [4.69, 9.17) is 0 Å². The topological polar surface area (TPSA) is 44.5 Å². The van der Waals surface area contributed by atoms with Crippen molar-refractivity contribution >= 4 is 0 Å². The third kappa shape index (κ3) is 3.35. The van der Waals surface area contributed by atoms with Crippen molar-refractivity contribution in [2.45, 2.75) is 39.0 Å². The number of aliphatic hydroxyl groups excluding tert-OH is 1. The molecule has 0 bridgehead atoms. The molecule has 0 aromatic carbocycles. The van der Waals surface area contributed by atoms with E-state index in [1.807, 2.05) is 11.6 Å². The quantitative estimate of drug-likeness (QED) is 0.855. The number of hydrogen-bond acceptors (Lipinski definition) is 4. The maximum atomic E-state index is 10.5. The van der Waals surface area contributed by atoms with Crippen molar-refractivity contribution in [3.8, 4) is 0 Å². The zero-order valence-electron chi connectivity index (χ0n) is 12.5. The lowest BCUT2D eigenvalue weighted by atomic mass is 10.0. The van der Waals surface area contributed by atoms with E-state index in [9.17, 15) is 5.11 Å². The van der Waals surface area contributed by atoms with Gasteiger partial charge in [0.15, 0.2) is 0 Å². The van der Waals surface area contributed by atoms with Gasteiger partial charge < -0.3 is 10.0 Å². The average Bonchev–Trinajstić information content (AvgIpc) is 2.72. The Labute approximate surface area is 115 Å². The minimum absolute atomic E-state index is 0.208. The first-order chi connectivity index (χ1) is 9.01. The van der Waals surface area contributed by atoms with Gasteiger partial charge in [0.1, 0.15) is 0 Å². The van der Waals surface area contributed by atoms with Gasteiger partial charge in [0.2, 0.25) is 0 Å². The van der Waals surface area contributed by atoms with E-state index in [1.165, 1.54) is 0 Å². The number of aromatic nitrogens is 2. The van der Waals surface area contributed by atoms with Gasteiger partial charge in [-0.25, -0.2) is 0 Å². The molecule has 108 valence electrons. The zero-order chi connectivity index (χ0) is 14.0. The number of rotatable bonds is 4. The first-order valence-corrected chi connectivity index (χ1v) is 7.11. The van der Waals surface area contributed by atoms with Crippen LogP contribution in [0.1, 0.15) is 18.3 Å². The summed E-state index contributed by atoms with van der Waals surface area (Å²) >= 11 is 0. The van der Waals surface area contributed by atoms with Crippen molar-refractivity contribution in [1.82, 2.24) is 19.6 Å². The van der Waals surface area contributed by atoms with E-state index in [2.05, 4.69) is 42.0 Å². The number of piperazine rings is 1. The van der Waals surface area contributed by atoms with Crippen LogP contribution in [0, 0.1) is 6.92 Å². The molecule has 0 radical (unpaired) electrons. The molecule has 2 unspecified atom stereocenters. The Morgan fingerprint density at radius 1 is 1.42 bits per heavy atom. The van der Waals surface area contributed by atoms with E-state index in [-0.39, 0.29) is 12.1 Å². The van der Waals surface area contributed by atoms with Crippen molar-refractivity contribution < 1.29 is 5.11 Å². The molecule has 1 fully saturated rings. The third-order valence-corrected chi connectivity index (χ3v) is 4.05. The van der Waals surface area contributed by atoms with Crippen LogP contribution in [0.5, 0.6) is 0 Å². The first kappa shape index (κ1) is 14.5. The third-order valence-electron chi connectivity index (χ3n) is 4.05. The monoisotopic (exact) mass is 266 g/mol. The number of nitrogens with zero attached hydrogens (tertiary/aromatic N) is 4. The number of aliphatic hydroxyl groups is 1. The SMILES string of the molecule is CCn1nc(C)cc1CC(O)C1CN(C)CCN1C. The Balaban J connectivity index is 2.05. The average molecular weight is 266 g/mol. The molecular weight excluding hydrogens is 240 g/mol. The van der Waals surface area contributed by atoms with Crippen LogP contribution in [0.4, 0.5) is 0 Å². The second-order valence-corrected chi connectivity index (χ2v) is 5.67. The summed E-state index contributed by atoms with van der Waals surface area (Å²) in [5.41, 5.74) is 2.16. The lowest BCUT2D eigenvalue weighted by Gasteiger charge is -2.40. The van der Waals surface area contributed by atoms with Gasteiger partial charge in [0.05, 0.1) is 11.8 Å². The highest BCUT2D eigenvalue weighted by molar-refractivity contribution is 5.11. The van der Waals surface area contributed by atoms with Gasteiger partial charge in [0.25, 0.3) is 0 Å². The van der Waals surface area contributed by atoms with Crippen LogP contribution in [-0.2, 0) is 13.0 Å². The fourth-order valence-corrected chi connectivity index (χ4v) is 2.85. The maximum absolute atomic E-state index is 10.5. The van der Waals surface area contributed by atoms with E-state index < -0.39 is 0 Å². The minimum atomic E-state index is -0.339. The van der Waals surface area contributed by atoms with Gasteiger partial charge in [0, 0.05) is 44.3 Å². The Morgan fingerprint density at radius 3 is 2.84 bits per heavy atom. The van der Waals surface area contributed by atoms with Crippen LogP contribution in [0.25, 0.3) is 0 Å². The fraction of sp³-hybridized carbons (Fsp3) is 0.786.